The number of aromatic nitrogens is 4. The Balaban J connectivity index is 1.85. The van der Waals surface area contributed by atoms with Crippen LogP contribution in [-0.4, -0.2) is 32.2 Å². The third kappa shape index (κ3) is 2.75. The maximum atomic E-state index is 10.3. The average Bonchev–Trinajstić information content (AvgIpc) is 3.05. The van der Waals surface area contributed by atoms with Crippen LogP contribution in [0.3, 0.4) is 0 Å². The molecule has 0 bridgehead atoms. The SMILES string of the molecule is COc1ccc(-n2cc(C(O)c3cccnc3)nn2)cc1. The van der Waals surface area contributed by atoms with Crippen molar-refractivity contribution in [3.63, 3.8) is 0 Å². The Morgan fingerprint density at radius 3 is 2.67 bits per heavy atom. The molecule has 0 spiro atoms. The molecule has 106 valence electrons. The van der Waals surface area contributed by atoms with Gasteiger partial charge in [-0.3, -0.25) is 4.98 Å². The summed E-state index contributed by atoms with van der Waals surface area (Å²) < 4.78 is 6.72. The second-order valence-corrected chi connectivity index (χ2v) is 4.47. The molecule has 0 aliphatic heterocycles. The van der Waals surface area contributed by atoms with Gasteiger partial charge in [-0.2, -0.15) is 0 Å². The van der Waals surface area contributed by atoms with Gasteiger partial charge in [0.1, 0.15) is 17.5 Å². The van der Waals surface area contributed by atoms with Gasteiger partial charge in [0, 0.05) is 18.0 Å². The Bertz CT molecular complexity index is 710. The van der Waals surface area contributed by atoms with Crippen LogP contribution in [-0.2, 0) is 0 Å². The minimum Gasteiger partial charge on any atom is -0.497 e. The number of hydrogen-bond acceptors (Lipinski definition) is 5. The first-order valence-electron chi connectivity index (χ1n) is 6.42. The summed E-state index contributed by atoms with van der Waals surface area (Å²) >= 11 is 0. The summed E-state index contributed by atoms with van der Waals surface area (Å²) in [6.07, 6.45) is 4.12. The van der Waals surface area contributed by atoms with Crippen molar-refractivity contribution >= 4 is 0 Å². The molecule has 6 heteroatoms. The van der Waals surface area contributed by atoms with Gasteiger partial charge in [-0.25, -0.2) is 4.68 Å². The van der Waals surface area contributed by atoms with Gasteiger partial charge in [0.25, 0.3) is 0 Å². The molecule has 2 heterocycles. The smallest absolute Gasteiger partial charge is 0.126 e. The van der Waals surface area contributed by atoms with E-state index in [-0.39, 0.29) is 0 Å². The van der Waals surface area contributed by atoms with Gasteiger partial charge in [-0.05, 0) is 30.3 Å². The maximum Gasteiger partial charge on any atom is 0.126 e. The van der Waals surface area contributed by atoms with Gasteiger partial charge in [0.2, 0.25) is 0 Å². The highest BCUT2D eigenvalue weighted by Gasteiger charge is 2.15. The third-order valence-corrected chi connectivity index (χ3v) is 3.13. The van der Waals surface area contributed by atoms with E-state index in [9.17, 15) is 5.11 Å². The molecule has 1 atom stereocenters. The average molecular weight is 282 g/mol. The summed E-state index contributed by atoms with van der Waals surface area (Å²) in [6.45, 7) is 0. The van der Waals surface area contributed by atoms with E-state index in [0.29, 0.717) is 11.3 Å². The Labute approximate surface area is 121 Å². The third-order valence-electron chi connectivity index (χ3n) is 3.13. The molecule has 0 saturated carbocycles. The van der Waals surface area contributed by atoms with Gasteiger partial charge >= 0.3 is 0 Å². The van der Waals surface area contributed by atoms with Crippen molar-refractivity contribution in [1.29, 1.82) is 0 Å². The van der Waals surface area contributed by atoms with Crippen LogP contribution < -0.4 is 4.74 Å². The normalized spacial score (nSPS) is 12.1. The monoisotopic (exact) mass is 282 g/mol. The lowest BCUT2D eigenvalue weighted by molar-refractivity contribution is 0.214. The van der Waals surface area contributed by atoms with E-state index in [4.69, 9.17) is 4.74 Å². The number of hydrogen-bond donors (Lipinski definition) is 1. The Morgan fingerprint density at radius 2 is 2.00 bits per heavy atom. The first-order chi connectivity index (χ1) is 10.3. The number of methoxy groups -OCH3 is 1. The highest BCUT2D eigenvalue weighted by Crippen LogP contribution is 2.20. The summed E-state index contributed by atoms with van der Waals surface area (Å²) in [5.41, 5.74) is 1.99. The van der Waals surface area contributed by atoms with Crippen LogP contribution in [0.4, 0.5) is 0 Å². The molecule has 0 radical (unpaired) electrons. The lowest BCUT2D eigenvalue weighted by Gasteiger charge is -2.06. The predicted molar refractivity (Wildman–Crippen MR) is 76.2 cm³/mol. The van der Waals surface area contributed by atoms with Gasteiger partial charge in [0.05, 0.1) is 19.0 Å². The topological polar surface area (TPSA) is 73.1 Å². The second kappa shape index (κ2) is 5.72. The summed E-state index contributed by atoms with van der Waals surface area (Å²) in [4.78, 5) is 3.99. The minimum atomic E-state index is -0.842. The fourth-order valence-corrected chi connectivity index (χ4v) is 1.97. The van der Waals surface area contributed by atoms with Gasteiger partial charge in [0.15, 0.2) is 0 Å². The maximum absolute atomic E-state index is 10.3. The first-order valence-corrected chi connectivity index (χ1v) is 6.42. The van der Waals surface area contributed by atoms with Crippen LogP contribution in [0.25, 0.3) is 5.69 Å². The molecule has 3 rings (SSSR count). The molecule has 3 aromatic rings. The molecular weight excluding hydrogens is 268 g/mol. The van der Waals surface area contributed by atoms with Crippen LogP contribution in [0.1, 0.15) is 17.4 Å². The van der Waals surface area contributed by atoms with Crippen molar-refractivity contribution in [3.8, 4) is 11.4 Å². The van der Waals surface area contributed by atoms with Gasteiger partial charge in [-0.1, -0.05) is 11.3 Å². The zero-order valence-corrected chi connectivity index (χ0v) is 11.4. The van der Waals surface area contributed by atoms with E-state index < -0.39 is 6.10 Å². The molecule has 0 aliphatic carbocycles. The molecular formula is C15H14N4O2. The quantitative estimate of drug-likeness (QED) is 0.789. The second-order valence-electron chi connectivity index (χ2n) is 4.47. The van der Waals surface area contributed by atoms with Crippen LogP contribution in [0.5, 0.6) is 5.75 Å². The highest BCUT2D eigenvalue weighted by atomic mass is 16.5. The standard InChI is InChI=1S/C15H14N4O2/c1-21-13-6-4-12(5-7-13)19-10-14(17-18-19)15(20)11-3-2-8-16-9-11/h2-10,15,20H,1H3. The van der Waals surface area contributed by atoms with E-state index in [2.05, 4.69) is 15.3 Å². The summed E-state index contributed by atoms with van der Waals surface area (Å²) in [7, 11) is 1.62. The van der Waals surface area contributed by atoms with E-state index in [1.165, 1.54) is 0 Å². The molecule has 6 nitrogen and oxygen atoms in total. The zero-order valence-electron chi connectivity index (χ0n) is 11.4. The molecule has 1 N–H and O–H groups in total. The molecule has 0 fully saturated rings. The number of nitrogens with zero attached hydrogens (tertiary/aromatic N) is 4. The molecule has 21 heavy (non-hydrogen) atoms. The van der Waals surface area contributed by atoms with Gasteiger partial charge < -0.3 is 9.84 Å². The fraction of sp³-hybridized carbons (Fsp3) is 0.133. The van der Waals surface area contributed by atoms with Crippen LogP contribution in [0.2, 0.25) is 0 Å². The summed E-state index contributed by atoms with van der Waals surface area (Å²) in [5.74, 6) is 0.773. The fourth-order valence-electron chi connectivity index (χ4n) is 1.97. The highest BCUT2D eigenvalue weighted by molar-refractivity contribution is 5.37. The number of ether oxygens (including phenoxy) is 1. The van der Waals surface area contributed by atoms with Crippen LogP contribution in [0, 0.1) is 0 Å². The van der Waals surface area contributed by atoms with Crippen molar-refractivity contribution in [2.75, 3.05) is 7.11 Å². The molecule has 0 amide bonds. The molecule has 0 saturated heterocycles. The Hall–Kier alpha value is -2.73. The molecule has 0 aliphatic rings. The lowest BCUT2D eigenvalue weighted by atomic mass is 10.1. The molecule has 1 aromatic carbocycles. The van der Waals surface area contributed by atoms with Crippen molar-refractivity contribution in [1.82, 2.24) is 20.0 Å². The summed E-state index contributed by atoms with van der Waals surface area (Å²) in [6, 6.07) is 11.0. The molecule has 1 unspecified atom stereocenters. The predicted octanol–water partition coefficient (Wildman–Crippen LogP) is 1.75. The number of pyridine rings is 1. The zero-order chi connectivity index (χ0) is 14.7. The van der Waals surface area contributed by atoms with Gasteiger partial charge in [-0.15, -0.1) is 5.10 Å². The first kappa shape index (κ1) is 13.3. The number of aliphatic hydroxyl groups excluding tert-OH is 1. The van der Waals surface area contributed by atoms with Crippen molar-refractivity contribution in [2.45, 2.75) is 6.10 Å². The largest absolute Gasteiger partial charge is 0.497 e. The number of rotatable bonds is 4. The van der Waals surface area contributed by atoms with E-state index >= 15 is 0 Å². The van der Waals surface area contributed by atoms with Crippen molar-refractivity contribution < 1.29 is 9.84 Å². The van der Waals surface area contributed by atoms with E-state index in [1.807, 2.05) is 24.3 Å². The Kier molecular flexibility index (Phi) is 3.61. The Morgan fingerprint density at radius 1 is 1.19 bits per heavy atom. The van der Waals surface area contributed by atoms with Crippen molar-refractivity contribution in [2.24, 2.45) is 0 Å². The van der Waals surface area contributed by atoms with Crippen LogP contribution >= 0.6 is 0 Å². The lowest BCUT2D eigenvalue weighted by Crippen LogP contribution is -2.00. The van der Waals surface area contributed by atoms with E-state index in [1.54, 1.807) is 42.5 Å². The summed E-state index contributed by atoms with van der Waals surface area (Å²) in [5, 5.41) is 18.3. The number of benzene rings is 1. The molecule has 2 aromatic heterocycles. The number of aliphatic hydroxyl groups is 1. The van der Waals surface area contributed by atoms with Crippen molar-refractivity contribution in [3.05, 3.63) is 66.2 Å². The van der Waals surface area contributed by atoms with Crippen LogP contribution in [0.15, 0.2) is 55.0 Å². The van der Waals surface area contributed by atoms with E-state index in [0.717, 1.165) is 11.4 Å². The minimum absolute atomic E-state index is 0.471.